The van der Waals surface area contributed by atoms with Crippen LogP contribution in [0.15, 0.2) is 36.9 Å². The van der Waals surface area contributed by atoms with Crippen LogP contribution in [-0.2, 0) is 0 Å². The molecule has 1 aliphatic rings. The van der Waals surface area contributed by atoms with E-state index in [1.54, 1.807) is 24.8 Å². The van der Waals surface area contributed by atoms with Crippen molar-refractivity contribution in [3.8, 4) is 0 Å². The monoisotopic (exact) mass is 275 g/mol. The van der Waals surface area contributed by atoms with Gasteiger partial charge in [-0.3, -0.25) is 4.98 Å². The molecule has 1 saturated heterocycles. The Kier molecular flexibility index (Phi) is 3.46. The van der Waals surface area contributed by atoms with Gasteiger partial charge in [-0.05, 0) is 12.1 Å². The first-order valence-corrected chi connectivity index (χ1v) is 6.58. The summed E-state index contributed by atoms with van der Waals surface area (Å²) in [6.45, 7) is 3.74. The summed E-state index contributed by atoms with van der Waals surface area (Å²) in [5.74, 6) is 0.940. The number of pyridine rings is 1. The quantitative estimate of drug-likeness (QED) is 0.783. The van der Waals surface area contributed by atoms with Gasteiger partial charge in [0.15, 0.2) is 0 Å². The maximum atomic E-state index is 5.92. The Bertz CT molecular complexity index is 540. The smallest absolute Gasteiger partial charge is 0.147 e. The van der Waals surface area contributed by atoms with E-state index in [1.165, 1.54) is 0 Å². The first-order chi connectivity index (χ1) is 9.33. The molecule has 0 atom stereocenters. The Morgan fingerprint density at radius 2 is 1.74 bits per heavy atom. The molecule has 19 heavy (non-hydrogen) atoms. The van der Waals surface area contributed by atoms with Crippen molar-refractivity contribution in [3.05, 3.63) is 42.1 Å². The van der Waals surface area contributed by atoms with E-state index in [0.29, 0.717) is 5.15 Å². The fourth-order valence-electron chi connectivity index (χ4n) is 2.24. The molecule has 98 valence electrons. The highest BCUT2D eigenvalue weighted by atomic mass is 35.5. The third-order valence-corrected chi connectivity index (χ3v) is 3.44. The zero-order valence-electron chi connectivity index (χ0n) is 10.4. The summed E-state index contributed by atoms with van der Waals surface area (Å²) in [5, 5.41) is 0.536. The minimum atomic E-state index is 0.536. The zero-order chi connectivity index (χ0) is 13.1. The maximum absolute atomic E-state index is 5.92. The van der Waals surface area contributed by atoms with Gasteiger partial charge >= 0.3 is 0 Å². The summed E-state index contributed by atoms with van der Waals surface area (Å²) >= 11 is 5.92. The van der Waals surface area contributed by atoms with Crippen LogP contribution in [0.4, 0.5) is 11.5 Å². The first kappa shape index (κ1) is 12.2. The van der Waals surface area contributed by atoms with Gasteiger partial charge in [0.05, 0.1) is 6.20 Å². The molecule has 0 radical (unpaired) electrons. The van der Waals surface area contributed by atoms with Gasteiger partial charge in [0.25, 0.3) is 0 Å². The normalized spacial score (nSPS) is 15.6. The molecule has 0 amide bonds. The average Bonchev–Trinajstić information content (AvgIpc) is 2.48. The van der Waals surface area contributed by atoms with Crippen LogP contribution in [0.5, 0.6) is 0 Å². The molecule has 0 N–H and O–H groups in total. The Hall–Kier alpha value is -1.88. The highest BCUT2D eigenvalue weighted by molar-refractivity contribution is 6.29. The number of hydrogen-bond acceptors (Lipinski definition) is 5. The molecule has 1 fully saturated rings. The zero-order valence-corrected chi connectivity index (χ0v) is 11.2. The Balaban J connectivity index is 1.67. The van der Waals surface area contributed by atoms with E-state index in [2.05, 4.69) is 24.8 Å². The standard InChI is InChI=1S/C13H14ClN5/c14-12-9-11(1-2-16-12)18-5-7-19(8-6-18)13-10-15-3-4-17-13/h1-4,9-10H,5-8H2. The minimum absolute atomic E-state index is 0.536. The average molecular weight is 276 g/mol. The summed E-state index contributed by atoms with van der Waals surface area (Å²) in [4.78, 5) is 17.0. The fourth-order valence-corrected chi connectivity index (χ4v) is 2.41. The number of anilines is 2. The number of rotatable bonds is 2. The van der Waals surface area contributed by atoms with E-state index in [9.17, 15) is 0 Å². The minimum Gasteiger partial charge on any atom is -0.368 e. The lowest BCUT2D eigenvalue weighted by Gasteiger charge is -2.36. The first-order valence-electron chi connectivity index (χ1n) is 6.20. The van der Waals surface area contributed by atoms with E-state index in [-0.39, 0.29) is 0 Å². The largest absolute Gasteiger partial charge is 0.368 e. The fraction of sp³-hybridized carbons (Fsp3) is 0.308. The lowest BCUT2D eigenvalue weighted by atomic mass is 10.2. The van der Waals surface area contributed by atoms with Crippen LogP contribution < -0.4 is 9.80 Å². The number of aromatic nitrogens is 3. The van der Waals surface area contributed by atoms with Gasteiger partial charge in [-0.15, -0.1) is 0 Å². The van der Waals surface area contributed by atoms with Crippen molar-refractivity contribution in [1.29, 1.82) is 0 Å². The summed E-state index contributed by atoms with van der Waals surface area (Å²) in [7, 11) is 0. The molecule has 3 rings (SSSR count). The van der Waals surface area contributed by atoms with Crippen molar-refractivity contribution >= 4 is 23.1 Å². The molecule has 0 aliphatic carbocycles. The second-order valence-corrected chi connectivity index (χ2v) is 4.76. The summed E-state index contributed by atoms with van der Waals surface area (Å²) < 4.78 is 0. The van der Waals surface area contributed by atoms with E-state index in [4.69, 9.17) is 11.6 Å². The van der Waals surface area contributed by atoms with Crippen LogP contribution in [0.3, 0.4) is 0 Å². The highest BCUT2D eigenvalue weighted by Gasteiger charge is 2.18. The lowest BCUT2D eigenvalue weighted by molar-refractivity contribution is 0.646. The molecular weight excluding hydrogens is 262 g/mol. The molecule has 0 bridgehead atoms. The molecule has 1 aliphatic heterocycles. The Morgan fingerprint density at radius 3 is 2.42 bits per heavy atom. The number of hydrogen-bond donors (Lipinski definition) is 0. The summed E-state index contributed by atoms with van der Waals surface area (Å²) in [6.07, 6.45) is 6.97. The van der Waals surface area contributed by atoms with Gasteiger partial charge in [-0.1, -0.05) is 11.6 Å². The van der Waals surface area contributed by atoms with E-state index in [1.807, 2.05) is 12.1 Å². The van der Waals surface area contributed by atoms with Crippen molar-refractivity contribution in [1.82, 2.24) is 15.0 Å². The molecular formula is C13H14ClN5. The van der Waals surface area contributed by atoms with Crippen LogP contribution >= 0.6 is 11.6 Å². The van der Waals surface area contributed by atoms with Crippen LogP contribution in [0, 0.1) is 0 Å². The van der Waals surface area contributed by atoms with E-state index >= 15 is 0 Å². The third kappa shape index (κ3) is 2.76. The van der Waals surface area contributed by atoms with Gasteiger partial charge in [0, 0.05) is 50.5 Å². The van der Waals surface area contributed by atoms with Gasteiger partial charge in [-0.25, -0.2) is 9.97 Å². The molecule has 0 unspecified atom stereocenters. The number of nitrogens with zero attached hydrogens (tertiary/aromatic N) is 5. The Morgan fingerprint density at radius 1 is 0.947 bits per heavy atom. The molecule has 2 aromatic rings. The Labute approximate surface area is 116 Å². The predicted molar refractivity (Wildman–Crippen MR) is 75.7 cm³/mol. The highest BCUT2D eigenvalue weighted by Crippen LogP contribution is 2.20. The molecule has 0 spiro atoms. The molecule has 0 saturated carbocycles. The topological polar surface area (TPSA) is 45.2 Å². The molecule has 6 heteroatoms. The second-order valence-electron chi connectivity index (χ2n) is 4.37. The van der Waals surface area contributed by atoms with Crippen LogP contribution in [0.25, 0.3) is 0 Å². The van der Waals surface area contributed by atoms with Crippen LogP contribution in [0.1, 0.15) is 0 Å². The second kappa shape index (κ2) is 5.40. The molecule has 2 aromatic heterocycles. The molecule has 3 heterocycles. The van der Waals surface area contributed by atoms with Crippen molar-refractivity contribution in [2.75, 3.05) is 36.0 Å². The maximum Gasteiger partial charge on any atom is 0.147 e. The van der Waals surface area contributed by atoms with E-state index in [0.717, 1.165) is 37.7 Å². The van der Waals surface area contributed by atoms with Gasteiger partial charge < -0.3 is 9.80 Å². The molecule has 0 aromatic carbocycles. The third-order valence-electron chi connectivity index (χ3n) is 3.23. The summed E-state index contributed by atoms with van der Waals surface area (Å²) in [6, 6.07) is 3.89. The predicted octanol–water partition coefficient (Wildman–Crippen LogP) is 1.85. The van der Waals surface area contributed by atoms with Crippen molar-refractivity contribution in [3.63, 3.8) is 0 Å². The number of piperazine rings is 1. The van der Waals surface area contributed by atoms with Crippen LogP contribution in [-0.4, -0.2) is 41.1 Å². The SMILES string of the molecule is Clc1cc(N2CCN(c3cnccn3)CC2)ccn1. The van der Waals surface area contributed by atoms with Gasteiger partial charge in [0.2, 0.25) is 0 Å². The van der Waals surface area contributed by atoms with E-state index < -0.39 is 0 Å². The van der Waals surface area contributed by atoms with Crippen LogP contribution in [0.2, 0.25) is 5.15 Å². The summed E-state index contributed by atoms with van der Waals surface area (Å²) in [5.41, 5.74) is 1.12. The van der Waals surface area contributed by atoms with Crippen molar-refractivity contribution in [2.45, 2.75) is 0 Å². The molecule has 5 nitrogen and oxygen atoms in total. The van der Waals surface area contributed by atoms with Crippen molar-refractivity contribution < 1.29 is 0 Å². The lowest BCUT2D eigenvalue weighted by Crippen LogP contribution is -2.46. The van der Waals surface area contributed by atoms with Gasteiger partial charge in [-0.2, -0.15) is 0 Å². The number of halogens is 1. The van der Waals surface area contributed by atoms with Gasteiger partial charge in [0.1, 0.15) is 11.0 Å². The van der Waals surface area contributed by atoms with Crippen molar-refractivity contribution in [2.24, 2.45) is 0 Å².